The van der Waals surface area contributed by atoms with E-state index in [-0.39, 0.29) is 5.82 Å². The third-order valence-corrected chi connectivity index (χ3v) is 3.86. The van der Waals surface area contributed by atoms with Gasteiger partial charge in [-0.15, -0.1) is 0 Å². The van der Waals surface area contributed by atoms with Crippen molar-refractivity contribution >= 4 is 5.84 Å². The fraction of sp³-hybridized carbons (Fsp3) is 0.235. The maximum Gasteiger partial charge on any atom is 0.129 e. The van der Waals surface area contributed by atoms with Crippen molar-refractivity contribution in [2.45, 2.75) is 26.4 Å². The zero-order chi connectivity index (χ0) is 14.1. The first kappa shape index (κ1) is 12.9. The Bertz CT molecular complexity index is 664. The van der Waals surface area contributed by atoms with Crippen LogP contribution in [0.5, 0.6) is 0 Å². The third-order valence-electron chi connectivity index (χ3n) is 3.86. The van der Waals surface area contributed by atoms with Gasteiger partial charge in [-0.1, -0.05) is 37.3 Å². The van der Waals surface area contributed by atoms with E-state index in [1.807, 2.05) is 17.0 Å². The van der Waals surface area contributed by atoms with Crippen molar-refractivity contribution in [2.24, 2.45) is 0 Å². The van der Waals surface area contributed by atoms with Gasteiger partial charge in [0.1, 0.15) is 11.7 Å². The molecule has 0 fully saturated rings. The molecule has 0 bridgehead atoms. The van der Waals surface area contributed by atoms with Crippen molar-refractivity contribution in [1.29, 1.82) is 5.41 Å². The van der Waals surface area contributed by atoms with Crippen LogP contribution in [0.25, 0.3) is 0 Å². The molecule has 0 saturated heterocycles. The van der Waals surface area contributed by atoms with Gasteiger partial charge in [0.25, 0.3) is 0 Å². The van der Waals surface area contributed by atoms with Crippen LogP contribution >= 0.6 is 0 Å². The molecule has 0 unspecified atom stereocenters. The molecular formula is C17H17FN2. The van der Waals surface area contributed by atoms with E-state index in [2.05, 4.69) is 19.1 Å². The summed E-state index contributed by atoms with van der Waals surface area (Å²) in [5.41, 5.74) is 4.31. The van der Waals surface area contributed by atoms with Crippen molar-refractivity contribution in [2.75, 3.05) is 0 Å². The summed E-state index contributed by atoms with van der Waals surface area (Å²) in [5.74, 6) is 0.148. The van der Waals surface area contributed by atoms with Gasteiger partial charge in [-0.3, -0.25) is 5.41 Å². The van der Waals surface area contributed by atoms with E-state index in [1.54, 1.807) is 6.07 Å². The van der Waals surface area contributed by atoms with Crippen LogP contribution in [0.4, 0.5) is 4.39 Å². The van der Waals surface area contributed by atoms with Crippen molar-refractivity contribution < 1.29 is 4.39 Å². The average molecular weight is 268 g/mol. The summed E-state index contributed by atoms with van der Waals surface area (Å²) in [6, 6.07) is 13.0. The maximum absolute atomic E-state index is 13.3. The highest BCUT2D eigenvalue weighted by Crippen LogP contribution is 2.25. The number of nitrogens with zero attached hydrogens (tertiary/aromatic N) is 1. The van der Waals surface area contributed by atoms with Crippen molar-refractivity contribution in [3.05, 3.63) is 70.5 Å². The van der Waals surface area contributed by atoms with E-state index in [0.717, 1.165) is 17.5 Å². The second-order valence-corrected chi connectivity index (χ2v) is 5.13. The largest absolute Gasteiger partial charge is 0.348 e. The molecule has 0 radical (unpaired) electrons. The lowest BCUT2D eigenvalue weighted by Crippen LogP contribution is -2.23. The molecule has 0 spiro atoms. The molecule has 1 aliphatic rings. The summed E-state index contributed by atoms with van der Waals surface area (Å²) >= 11 is 0. The van der Waals surface area contributed by atoms with Gasteiger partial charge in [0.15, 0.2) is 0 Å². The van der Waals surface area contributed by atoms with E-state index in [1.165, 1.54) is 23.3 Å². The monoisotopic (exact) mass is 268 g/mol. The number of hydrogen-bond donors (Lipinski definition) is 1. The molecule has 1 heterocycles. The summed E-state index contributed by atoms with van der Waals surface area (Å²) < 4.78 is 13.3. The Balaban J connectivity index is 1.86. The minimum Gasteiger partial charge on any atom is -0.348 e. The minimum absolute atomic E-state index is 0.274. The van der Waals surface area contributed by atoms with Gasteiger partial charge in [-0.25, -0.2) is 4.39 Å². The minimum atomic E-state index is -0.274. The highest BCUT2D eigenvalue weighted by Gasteiger charge is 2.24. The summed E-state index contributed by atoms with van der Waals surface area (Å²) in [4.78, 5) is 2.00. The molecule has 0 saturated carbocycles. The molecule has 20 heavy (non-hydrogen) atoms. The smallest absolute Gasteiger partial charge is 0.129 e. The molecule has 0 amide bonds. The van der Waals surface area contributed by atoms with Crippen LogP contribution in [0.3, 0.4) is 0 Å². The van der Waals surface area contributed by atoms with Crippen LogP contribution < -0.4 is 0 Å². The highest BCUT2D eigenvalue weighted by molar-refractivity contribution is 6.00. The molecule has 0 atom stereocenters. The highest BCUT2D eigenvalue weighted by atomic mass is 19.1. The number of fused-ring (bicyclic) bond motifs is 1. The zero-order valence-corrected chi connectivity index (χ0v) is 11.5. The summed E-state index contributed by atoms with van der Waals surface area (Å²) in [7, 11) is 0. The van der Waals surface area contributed by atoms with E-state index in [9.17, 15) is 4.39 Å². The number of benzene rings is 2. The number of aryl methyl sites for hydroxylation is 1. The van der Waals surface area contributed by atoms with Crippen molar-refractivity contribution in [1.82, 2.24) is 4.90 Å². The molecule has 1 aliphatic heterocycles. The van der Waals surface area contributed by atoms with Gasteiger partial charge in [0.05, 0.1) is 0 Å². The third kappa shape index (κ3) is 2.20. The Hall–Kier alpha value is -2.16. The molecule has 2 nitrogen and oxygen atoms in total. The maximum atomic E-state index is 13.3. The lowest BCUT2D eigenvalue weighted by Gasteiger charge is -2.19. The van der Waals surface area contributed by atoms with E-state index >= 15 is 0 Å². The fourth-order valence-corrected chi connectivity index (χ4v) is 2.76. The van der Waals surface area contributed by atoms with Gasteiger partial charge in [0.2, 0.25) is 0 Å². The van der Waals surface area contributed by atoms with E-state index in [0.29, 0.717) is 18.9 Å². The van der Waals surface area contributed by atoms with Gasteiger partial charge in [-0.05, 0) is 35.2 Å². The average Bonchev–Trinajstić information content (AvgIpc) is 2.76. The Morgan fingerprint density at radius 2 is 1.90 bits per heavy atom. The quantitative estimate of drug-likeness (QED) is 0.902. The fourth-order valence-electron chi connectivity index (χ4n) is 2.76. The van der Waals surface area contributed by atoms with Gasteiger partial charge >= 0.3 is 0 Å². The molecular weight excluding hydrogens is 251 g/mol. The lowest BCUT2D eigenvalue weighted by atomic mass is 10.1. The second kappa shape index (κ2) is 5.08. The Kier molecular flexibility index (Phi) is 3.26. The number of hydrogen-bond acceptors (Lipinski definition) is 1. The van der Waals surface area contributed by atoms with E-state index in [4.69, 9.17) is 5.41 Å². The van der Waals surface area contributed by atoms with Crippen LogP contribution in [-0.4, -0.2) is 10.7 Å². The second-order valence-electron chi connectivity index (χ2n) is 5.13. The standard InChI is InChI=1S/C17H17FN2/c1-2-12-5-3-4-6-13(12)10-20-11-14-7-8-15(18)9-16(14)17(20)19/h3-9,19H,2,10-11H2,1H3. The Morgan fingerprint density at radius 1 is 1.15 bits per heavy atom. The SMILES string of the molecule is CCc1ccccc1CN1Cc2ccc(F)cc2C1=N. The molecule has 3 rings (SSSR count). The Morgan fingerprint density at radius 3 is 2.65 bits per heavy atom. The predicted molar refractivity (Wildman–Crippen MR) is 78.3 cm³/mol. The van der Waals surface area contributed by atoms with Crippen LogP contribution in [0, 0.1) is 11.2 Å². The zero-order valence-electron chi connectivity index (χ0n) is 11.5. The summed E-state index contributed by atoms with van der Waals surface area (Å²) in [6.45, 7) is 3.53. The van der Waals surface area contributed by atoms with Gasteiger partial charge < -0.3 is 4.90 Å². The van der Waals surface area contributed by atoms with E-state index < -0.39 is 0 Å². The van der Waals surface area contributed by atoms with Crippen LogP contribution in [-0.2, 0) is 19.5 Å². The molecule has 0 aliphatic carbocycles. The predicted octanol–water partition coefficient (Wildman–Crippen LogP) is 3.73. The Labute approximate surface area is 118 Å². The first-order valence-electron chi connectivity index (χ1n) is 6.88. The lowest BCUT2D eigenvalue weighted by molar-refractivity contribution is 0.420. The molecule has 0 aromatic heterocycles. The number of amidine groups is 1. The van der Waals surface area contributed by atoms with Crippen molar-refractivity contribution in [3.63, 3.8) is 0 Å². The van der Waals surface area contributed by atoms with Gasteiger partial charge in [-0.2, -0.15) is 0 Å². The van der Waals surface area contributed by atoms with Crippen molar-refractivity contribution in [3.8, 4) is 0 Å². The summed E-state index contributed by atoms with van der Waals surface area (Å²) in [6.07, 6.45) is 0.985. The molecule has 1 N–H and O–H groups in total. The normalized spacial score (nSPS) is 13.7. The topological polar surface area (TPSA) is 27.1 Å². The first-order valence-corrected chi connectivity index (χ1v) is 6.88. The first-order chi connectivity index (χ1) is 9.69. The summed E-state index contributed by atoms with van der Waals surface area (Å²) in [5, 5.41) is 8.22. The molecule has 2 aromatic rings. The van der Waals surface area contributed by atoms with Crippen LogP contribution in [0.1, 0.15) is 29.2 Å². The molecule has 2 aromatic carbocycles. The van der Waals surface area contributed by atoms with Gasteiger partial charge in [0, 0.05) is 18.7 Å². The number of halogens is 1. The molecule has 102 valence electrons. The molecule has 3 heteroatoms. The van der Waals surface area contributed by atoms with Crippen LogP contribution in [0.15, 0.2) is 42.5 Å². The van der Waals surface area contributed by atoms with Crippen LogP contribution in [0.2, 0.25) is 0 Å². The number of rotatable bonds is 3. The number of nitrogens with one attached hydrogen (secondary N) is 1.